The number of hydrogen-bond acceptors (Lipinski definition) is 6. The number of nitrogens with zero attached hydrogens (tertiary/aromatic N) is 4. The van der Waals surface area contributed by atoms with Crippen LogP contribution in [-0.4, -0.2) is 64.8 Å². The van der Waals surface area contributed by atoms with Gasteiger partial charge in [0.2, 0.25) is 0 Å². The van der Waals surface area contributed by atoms with Crippen LogP contribution in [0.4, 0.5) is 0 Å². The van der Waals surface area contributed by atoms with Crippen LogP contribution in [0.1, 0.15) is 26.4 Å². The number of hydrogen-bond donors (Lipinski definition) is 1. The number of pyridine rings is 2. The first-order valence-corrected chi connectivity index (χ1v) is 11.8. The van der Waals surface area contributed by atoms with Crippen LogP contribution < -0.4 is 10.5 Å². The van der Waals surface area contributed by atoms with E-state index in [1.165, 1.54) is 0 Å². The lowest BCUT2D eigenvalue weighted by molar-refractivity contribution is 0.0664. The first-order chi connectivity index (χ1) is 17.5. The van der Waals surface area contributed by atoms with Crippen LogP contribution in [0.3, 0.4) is 0 Å². The van der Waals surface area contributed by atoms with Gasteiger partial charge in [0, 0.05) is 49.5 Å². The molecule has 2 aromatic heterocycles. The van der Waals surface area contributed by atoms with E-state index in [2.05, 4.69) is 21.9 Å². The summed E-state index contributed by atoms with van der Waals surface area (Å²) in [7, 11) is 2.07. The van der Waals surface area contributed by atoms with Gasteiger partial charge < -0.3 is 20.3 Å². The first kappa shape index (κ1) is 23.4. The number of aromatic nitrogens is 2. The van der Waals surface area contributed by atoms with Gasteiger partial charge in [-0.25, -0.2) is 0 Å². The molecule has 0 saturated carbocycles. The summed E-state index contributed by atoms with van der Waals surface area (Å²) >= 11 is 0. The summed E-state index contributed by atoms with van der Waals surface area (Å²) in [6.45, 7) is 3.33. The second-order valence-electron chi connectivity index (χ2n) is 8.87. The fourth-order valence-corrected chi connectivity index (χ4v) is 4.36. The fraction of sp³-hybridized carbons (Fsp3) is 0.214. The van der Waals surface area contributed by atoms with Crippen molar-refractivity contribution in [2.45, 2.75) is 6.61 Å². The Morgan fingerprint density at radius 2 is 1.64 bits per heavy atom. The van der Waals surface area contributed by atoms with E-state index in [9.17, 15) is 9.59 Å². The molecule has 2 amide bonds. The largest absolute Gasteiger partial charge is 0.487 e. The highest BCUT2D eigenvalue weighted by molar-refractivity contribution is 5.95. The predicted octanol–water partition coefficient (Wildman–Crippen LogP) is 3.36. The minimum atomic E-state index is -0.548. The first-order valence-electron chi connectivity index (χ1n) is 11.8. The standard InChI is InChI=1S/C28H27N5O3/c1-32-12-14-33(15-13-32)28(35)20-8-6-19(7-9-20)21-16-24-22(4-2-10-30-24)26(17-21)36-18-25-23(27(29)34)5-3-11-31-25/h2-11,16-17H,12-15,18H2,1H3,(H2,29,34). The monoisotopic (exact) mass is 481 g/mol. The molecule has 4 aromatic rings. The molecule has 182 valence electrons. The molecular weight excluding hydrogens is 454 g/mol. The van der Waals surface area contributed by atoms with E-state index in [-0.39, 0.29) is 12.5 Å². The van der Waals surface area contributed by atoms with E-state index in [4.69, 9.17) is 10.5 Å². The van der Waals surface area contributed by atoms with Crippen molar-refractivity contribution in [1.82, 2.24) is 19.8 Å². The number of likely N-dealkylation sites (N-methyl/N-ethyl adjacent to an activating group) is 1. The van der Waals surface area contributed by atoms with Gasteiger partial charge in [-0.1, -0.05) is 12.1 Å². The van der Waals surface area contributed by atoms with Crippen LogP contribution in [0.25, 0.3) is 22.0 Å². The molecular formula is C28H27N5O3. The minimum Gasteiger partial charge on any atom is -0.487 e. The summed E-state index contributed by atoms with van der Waals surface area (Å²) in [6.07, 6.45) is 3.34. The number of benzene rings is 2. The summed E-state index contributed by atoms with van der Waals surface area (Å²) in [5.41, 5.74) is 9.59. The zero-order chi connectivity index (χ0) is 25.1. The number of ether oxygens (including phenoxy) is 1. The third-order valence-electron chi connectivity index (χ3n) is 6.46. The molecule has 0 bridgehead atoms. The van der Waals surface area contributed by atoms with Crippen molar-refractivity contribution in [3.63, 3.8) is 0 Å². The van der Waals surface area contributed by atoms with Crippen LogP contribution in [0.2, 0.25) is 0 Å². The number of carbonyl (C=O) groups excluding carboxylic acids is 2. The molecule has 3 heterocycles. The quantitative estimate of drug-likeness (QED) is 0.453. The molecule has 8 nitrogen and oxygen atoms in total. The molecule has 0 aliphatic carbocycles. The maximum absolute atomic E-state index is 12.9. The van der Waals surface area contributed by atoms with E-state index in [1.54, 1.807) is 24.5 Å². The lowest BCUT2D eigenvalue weighted by atomic mass is 10.0. The number of nitrogens with two attached hydrogens (primary N) is 1. The topological polar surface area (TPSA) is 102 Å². The van der Waals surface area contributed by atoms with E-state index < -0.39 is 5.91 Å². The summed E-state index contributed by atoms with van der Waals surface area (Å²) in [4.78, 5) is 37.6. The zero-order valence-corrected chi connectivity index (χ0v) is 20.1. The van der Waals surface area contributed by atoms with Crippen molar-refractivity contribution >= 4 is 22.7 Å². The van der Waals surface area contributed by atoms with Gasteiger partial charge in [-0.15, -0.1) is 0 Å². The number of carbonyl (C=O) groups is 2. The van der Waals surface area contributed by atoms with Gasteiger partial charge in [0.15, 0.2) is 0 Å². The second kappa shape index (κ2) is 10.1. The Bertz CT molecular complexity index is 1410. The molecule has 0 spiro atoms. The maximum Gasteiger partial charge on any atom is 0.253 e. The predicted molar refractivity (Wildman–Crippen MR) is 138 cm³/mol. The fourth-order valence-electron chi connectivity index (χ4n) is 4.36. The van der Waals surface area contributed by atoms with Gasteiger partial charge in [0.25, 0.3) is 11.8 Å². The van der Waals surface area contributed by atoms with Gasteiger partial charge in [0.05, 0.1) is 16.8 Å². The molecule has 1 saturated heterocycles. The number of primary amides is 1. The molecule has 1 fully saturated rings. The van der Waals surface area contributed by atoms with E-state index >= 15 is 0 Å². The van der Waals surface area contributed by atoms with Gasteiger partial charge in [-0.05, 0) is 66.7 Å². The molecule has 0 atom stereocenters. The Morgan fingerprint density at radius 3 is 2.39 bits per heavy atom. The number of rotatable bonds is 6. The van der Waals surface area contributed by atoms with Crippen molar-refractivity contribution in [1.29, 1.82) is 0 Å². The third-order valence-corrected chi connectivity index (χ3v) is 6.46. The molecule has 5 rings (SSSR count). The lowest BCUT2D eigenvalue weighted by Crippen LogP contribution is -2.47. The highest BCUT2D eigenvalue weighted by Gasteiger charge is 2.20. The molecule has 36 heavy (non-hydrogen) atoms. The van der Waals surface area contributed by atoms with Crippen molar-refractivity contribution < 1.29 is 14.3 Å². The number of amides is 2. The summed E-state index contributed by atoms with van der Waals surface area (Å²) < 4.78 is 6.13. The SMILES string of the molecule is CN1CCN(C(=O)c2ccc(-c3cc(OCc4ncccc4C(N)=O)c4cccnc4c3)cc2)CC1. The molecule has 1 aliphatic rings. The Hall–Kier alpha value is -4.30. The van der Waals surface area contributed by atoms with E-state index in [0.717, 1.165) is 48.2 Å². The normalized spacial score (nSPS) is 14.1. The van der Waals surface area contributed by atoms with Gasteiger partial charge >= 0.3 is 0 Å². The summed E-state index contributed by atoms with van der Waals surface area (Å²) in [5.74, 6) is 0.127. The van der Waals surface area contributed by atoms with Crippen molar-refractivity contribution in [3.05, 3.63) is 89.9 Å². The van der Waals surface area contributed by atoms with Crippen LogP contribution in [0.5, 0.6) is 5.75 Å². The van der Waals surface area contributed by atoms with Crippen LogP contribution in [0, 0.1) is 0 Å². The molecule has 2 aromatic carbocycles. The average molecular weight is 482 g/mol. The van der Waals surface area contributed by atoms with Crippen LogP contribution >= 0.6 is 0 Å². The molecule has 0 radical (unpaired) electrons. The molecule has 1 aliphatic heterocycles. The van der Waals surface area contributed by atoms with Gasteiger partial charge in [-0.3, -0.25) is 19.6 Å². The number of piperazine rings is 1. The zero-order valence-electron chi connectivity index (χ0n) is 20.1. The van der Waals surface area contributed by atoms with Crippen LogP contribution in [0.15, 0.2) is 73.1 Å². The average Bonchev–Trinajstić information content (AvgIpc) is 2.92. The Labute approximate surface area is 209 Å². The third kappa shape index (κ3) is 4.89. The molecule has 0 unspecified atom stereocenters. The Balaban J connectivity index is 1.41. The highest BCUT2D eigenvalue weighted by Crippen LogP contribution is 2.32. The smallest absolute Gasteiger partial charge is 0.253 e. The van der Waals surface area contributed by atoms with Crippen molar-refractivity contribution in [2.75, 3.05) is 33.2 Å². The Kier molecular flexibility index (Phi) is 6.60. The van der Waals surface area contributed by atoms with Crippen molar-refractivity contribution in [2.24, 2.45) is 5.73 Å². The number of fused-ring (bicyclic) bond motifs is 1. The molecule has 8 heteroatoms. The minimum absolute atomic E-state index is 0.0551. The van der Waals surface area contributed by atoms with E-state index in [0.29, 0.717) is 22.6 Å². The van der Waals surface area contributed by atoms with Crippen LogP contribution in [-0.2, 0) is 6.61 Å². The summed E-state index contributed by atoms with van der Waals surface area (Å²) in [5, 5.41) is 0.847. The van der Waals surface area contributed by atoms with Gasteiger partial charge in [-0.2, -0.15) is 0 Å². The second-order valence-corrected chi connectivity index (χ2v) is 8.87. The van der Waals surface area contributed by atoms with E-state index in [1.807, 2.05) is 53.4 Å². The maximum atomic E-state index is 12.9. The van der Waals surface area contributed by atoms with Gasteiger partial charge in [0.1, 0.15) is 12.4 Å². The van der Waals surface area contributed by atoms with Crippen molar-refractivity contribution in [3.8, 4) is 16.9 Å². The summed E-state index contributed by atoms with van der Waals surface area (Å²) in [6, 6.07) is 18.6. The highest BCUT2D eigenvalue weighted by atomic mass is 16.5. The Morgan fingerprint density at radius 1 is 0.917 bits per heavy atom. The molecule has 2 N–H and O–H groups in total. The lowest BCUT2D eigenvalue weighted by Gasteiger charge is -2.32.